The van der Waals surface area contributed by atoms with Crippen molar-refractivity contribution in [2.75, 3.05) is 13.1 Å². The Kier molecular flexibility index (Phi) is 5.03. The van der Waals surface area contributed by atoms with E-state index in [0.29, 0.717) is 42.6 Å². The third-order valence-corrected chi connectivity index (χ3v) is 4.89. The molecule has 1 heterocycles. The molecule has 0 saturated carbocycles. The van der Waals surface area contributed by atoms with E-state index >= 15 is 0 Å². The van der Waals surface area contributed by atoms with Gasteiger partial charge < -0.3 is 4.90 Å². The van der Waals surface area contributed by atoms with Crippen LogP contribution >= 0.6 is 0 Å². The van der Waals surface area contributed by atoms with Crippen LogP contribution in [0.5, 0.6) is 0 Å². The van der Waals surface area contributed by atoms with Gasteiger partial charge in [-0.15, -0.1) is 0 Å². The van der Waals surface area contributed by atoms with Crippen molar-refractivity contribution in [2.45, 2.75) is 31.9 Å². The second kappa shape index (κ2) is 7.09. The lowest BCUT2D eigenvalue weighted by molar-refractivity contribution is -0.138. The van der Waals surface area contributed by atoms with E-state index in [-0.39, 0.29) is 17.6 Å². The van der Waals surface area contributed by atoms with Crippen LogP contribution < -0.4 is 0 Å². The molecule has 1 aliphatic rings. The Bertz CT molecular complexity index is 808. The van der Waals surface area contributed by atoms with Gasteiger partial charge in [-0.05, 0) is 61.1 Å². The number of benzene rings is 2. The van der Waals surface area contributed by atoms with Crippen LogP contribution in [0.4, 0.5) is 17.6 Å². The highest BCUT2D eigenvalue weighted by Crippen LogP contribution is 2.38. The second-order valence-electron chi connectivity index (χ2n) is 6.62. The fourth-order valence-corrected chi connectivity index (χ4v) is 3.47. The maximum atomic E-state index is 13.4. The van der Waals surface area contributed by atoms with Gasteiger partial charge in [0, 0.05) is 18.7 Å². The minimum absolute atomic E-state index is 0.212. The molecule has 0 N–H and O–H groups in total. The molecular formula is C20H19F4NO. The zero-order valence-electron chi connectivity index (χ0n) is 14.3. The Labute approximate surface area is 149 Å². The summed E-state index contributed by atoms with van der Waals surface area (Å²) in [5.74, 6) is -0.813. The maximum absolute atomic E-state index is 13.4. The van der Waals surface area contributed by atoms with E-state index in [1.807, 2.05) is 0 Å². The van der Waals surface area contributed by atoms with Crippen molar-refractivity contribution >= 4 is 5.91 Å². The number of piperidine rings is 1. The monoisotopic (exact) mass is 365 g/mol. The van der Waals surface area contributed by atoms with E-state index < -0.39 is 11.7 Å². The fourth-order valence-electron chi connectivity index (χ4n) is 3.47. The Balaban J connectivity index is 1.72. The first-order valence-electron chi connectivity index (χ1n) is 8.49. The third-order valence-electron chi connectivity index (χ3n) is 4.89. The number of halogens is 4. The van der Waals surface area contributed by atoms with Crippen molar-refractivity contribution < 1.29 is 22.4 Å². The summed E-state index contributed by atoms with van der Waals surface area (Å²) in [5.41, 5.74) is 0.492. The number of hydrogen-bond donors (Lipinski definition) is 0. The fraction of sp³-hybridized carbons (Fsp3) is 0.350. The molecule has 0 atom stereocenters. The van der Waals surface area contributed by atoms with Gasteiger partial charge in [0.1, 0.15) is 5.82 Å². The highest BCUT2D eigenvalue weighted by atomic mass is 19.4. The Morgan fingerprint density at radius 1 is 1.08 bits per heavy atom. The first-order valence-corrected chi connectivity index (χ1v) is 8.49. The molecule has 1 saturated heterocycles. The highest BCUT2D eigenvalue weighted by Gasteiger charge is 2.36. The predicted octanol–water partition coefficient (Wildman–Crippen LogP) is 5.17. The van der Waals surface area contributed by atoms with Crippen molar-refractivity contribution in [1.29, 1.82) is 0 Å². The van der Waals surface area contributed by atoms with Crippen LogP contribution in [-0.4, -0.2) is 23.9 Å². The first-order chi connectivity index (χ1) is 12.3. The maximum Gasteiger partial charge on any atom is 0.416 e. The molecule has 1 fully saturated rings. The molecule has 3 rings (SSSR count). The van der Waals surface area contributed by atoms with Gasteiger partial charge in [-0.3, -0.25) is 4.79 Å². The van der Waals surface area contributed by atoms with Crippen LogP contribution in [-0.2, 0) is 6.18 Å². The van der Waals surface area contributed by atoms with Gasteiger partial charge in [-0.25, -0.2) is 4.39 Å². The summed E-state index contributed by atoms with van der Waals surface area (Å²) in [6.07, 6.45) is -3.44. The Hall–Kier alpha value is -2.37. The normalized spacial score (nSPS) is 16.0. The van der Waals surface area contributed by atoms with E-state index in [0.717, 1.165) is 6.07 Å². The molecule has 0 radical (unpaired) electrons. The van der Waals surface area contributed by atoms with E-state index in [2.05, 4.69) is 0 Å². The number of aryl methyl sites for hydroxylation is 1. The quantitative estimate of drug-likeness (QED) is 0.672. The summed E-state index contributed by atoms with van der Waals surface area (Å²) < 4.78 is 53.0. The summed E-state index contributed by atoms with van der Waals surface area (Å²) in [5, 5.41) is 0. The van der Waals surface area contributed by atoms with Crippen LogP contribution in [0.15, 0.2) is 42.5 Å². The van der Waals surface area contributed by atoms with Gasteiger partial charge in [0.05, 0.1) is 5.56 Å². The lowest BCUT2D eigenvalue weighted by Gasteiger charge is -2.33. The van der Waals surface area contributed by atoms with Crippen molar-refractivity contribution in [3.8, 4) is 0 Å². The van der Waals surface area contributed by atoms with Gasteiger partial charge in [-0.2, -0.15) is 13.2 Å². The molecule has 0 unspecified atom stereocenters. The number of carbonyl (C=O) groups excluding carboxylic acids is 1. The summed E-state index contributed by atoms with van der Waals surface area (Å²) in [6.45, 7) is 2.35. The van der Waals surface area contributed by atoms with Gasteiger partial charge >= 0.3 is 6.18 Å². The minimum atomic E-state index is -4.38. The number of rotatable bonds is 2. The molecule has 0 bridgehead atoms. The first kappa shape index (κ1) is 18.4. The second-order valence-corrected chi connectivity index (χ2v) is 6.62. The number of nitrogens with zero attached hydrogens (tertiary/aromatic N) is 1. The highest BCUT2D eigenvalue weighted by molar-refractivity contribution is 5.94. The standard InChI is InChI=1S/C20H19F4NO/c1-13-12-15(6-7-18(13)21)19(26)25-10-8-14(9-11-25)16-4-2-3-5-17(16)20(22,23)24/h2-7,12,14H,8-11H2,1H3. The summed E-state index contributed by atoms with van der Waals surface area (Å²) >= 11 is 0. The van der Waals surface area contributed by atoms with Crippen LogP contribution in [0, 0.1) is 12.7 Å². The van der Waals surface area contributed by atoms with E-state index in [9.17, 15) is 22.4 Å². The smallest absolute Gasteiger partial charge is 0.339 e. The Morgan fingerprint density at radius 2 is 1.73 bits per heavy atom. The predicted molar refractivity (Wildman–Crippen MR) is 90.5 cm³/mol. The van der Waals surface area contributed by atoms with Crippen LogP contribution in [0.3, 0.4) is 0 Å². The molecule has 0 aromatic heterocycles. The average Bonchev–Trinajstić information content (AvgIpc) is 2.63. The Morgan fingerprint density at radius 3 is 2.35 bits per heavy atom. The topological polar surface area (TPSA) is 20.3 Å². The molecule has 0 spiro atoms. The molecule has 26 heavy (non-hydrogen) atoms. The molecule has 6 heteroatoms. The zero-order valence-corrected chi connectivity index (χ0v) is 14.3. The van der Waals surface area contributed by atoms with E-state index in [1.54, 1.807) is 17.9 Å². The number of alkyl halides is 3. The lowest BCUT2D eigenvalue weighted by Crippen LogP contribution is -2.38. The van der Waals surface area contributed by atoms with Crippen molar-refractivity contribution in [3.05, 3.63) is 70.5 Å². The summed E-state index contributed by atoms with van der Waals surface area (Å²) in [7, 11) is 0. The molecular weight excluding hydrogens is 346 g/mol. The number of likely N-dealkylation sites (tertiary alicyclic amines) is 1. The summed E-state index contributed by atoms with van der Waals surface area (Å²) in [6, 6.07) is 9.83. The lowest BCUT2D eigenvalue weighted by atomic mass is 9.86. The number of amides is 1. The number of carbonyl (C=O) groups is 1. The van der Waals surface area contributed by atoms with Crippen LogP contribution in [0.25, 0.3) is 0 Å². The van der Waals surface area contributed by atoms with Crippen LogP contribution in [0.2, 0.25) is 0 Å². The van der Waals surface area contributed by atoms with Gasteiger partial charge in [0.2, 0.25) is 0 Å². The van der Waals surface area contributed by atoms with E-state index in [1.165, 1.54) is 30.3 Å². The third kappa shape index (κ3) is 3.74. The SMILES string of the molecule is Cc1cc(C(=O)N2CCC(c3ccccc3C(F)(F)F)CC2)ccc1F. The van der Waals surface area contributed by atoms with E-state index in [4.69, 9.17) is 0 Å². The van der Waals surface area contributed by atoms with Crippen molar-refractivity contribution in [3.63, 3.8) is 0 Å². The summed E-state index contributed by atoms with van der Waals surface area (Å²) in [4.78, 5) is 14.2. The van der Waals surface area contributed by atoms with Gasteiger partial charge in [0.25, 0.3) is 5.91 Å². The zero-order chi connectivity index (χ0) is 18.9. The molecule has 2 nitrogen and oxygen atoms in total. The van der Waals surface area contributed by atoms with Gasteiger partial charge in [-0.1, -0.05) is 18.2 Å². The number of hydrogen-bond acceptors (Lipinski definition) is 1. The van der Waals surface area contributed by atoms with Crippen LogP contribution in [0.1, 0.15) is 45.8 Å². The minimum Gasteiger partial charge on any atom is -0.339 e. The molecule has 1 aliphatic heterocycles. The van der Waals surface area contributed by atoms with Crippen molar-refractivity contribution in [2.24, 2.45) is 0 Å². The molecule has 138 valence electrons. The molecule has 0 aliphatic carbocycles. The average molecular weight is 365 g/mol. The van der Waals surface area contributed by atoms with Gasteiger partial charge in [0.15, 0.2) is 0 Å². The largest absolute Gasteiger partial charge is 0.416 e. The molecule has 2 aromatic rings. The molecule has 1 amide bonds. The molecule has 2 aromatic carbocycles. The van der Waals surface area contributed by atoms with Crippen molar-refractivity contribution in [1.82, 2.24) is 4.90 Å².